The minimum Gasteiger partial charge on any atom is -0.326 e. The number of carbonyl (C=O) groups is 1. The molecule has 0 aromatic heterocycles. The van der Waals surface area contributed by atoms with Crippen molar-refractivity contribution in [3.8, 4) is 0 Å². The van der Waals surface area contributed by atoms with Crippen LogP contribution in [-0.4, -0.2) is 31.7 Å². The quantitative estimate of drug-likeness (QED) is 0.818. The highest BCUT2D eigenvalue weighted by Gasteiger charge is 2.32. The van der Waals surface area contributed by atoms with Crippen LogP contribution >= 0.6 is 11.6 Å². The van der Waals surface area contributed by atoms with Gasteiger partial charge in [-0.05, 0) is 48.7 Å². The van der Waals surface area contributed by atoms with Crippen molar-refractivity contribution in [1.29, 1.82) is 0 Å². The van der Waals surface area contributed by atoms with Crippen LogP contribution in [0.5, 0.6) is 0 Å². The van der Waals surface area contributed by atoms with Crippen molar-refractivity contribution in [3.05, 3.63) is 64.9 Å². The molecule has 1 aliphatic heterocycles. The fraction of sp³-hybridized carbons (Fsp3) is 0.316. The third kappa shape index (κ3) is 5.28. The smallest absolute Gasteiger partial charge is 0.228 e. The minimum absolute atomic E-state index is 0.115. The van der Waals surface area contributed by atoms with Gasteiger partial charge >= 0.3 is 0 Å². The molecule has 144 valence electrons. The van der Waals surface area contributed by atoms with E-state index in [4.69, 9.17) is 11.6 Å². The molecule has 0 aliphatic carbocycles. The highest BCUT2D eigenvalue weighted by Crippen LogP contribution is 2.23. The first kappa shape index (κ1) is 19.8. The summed E-state index contributed by atoms with van der Waals surface area (Å²) >= 11 is 5.92. The van der Waals surface area contributed by atoms with Gasteiger partial charge in [0.05, 0.1) is 11.7 Å². The largest absolute Gasteiger partial charge is 0.326 e. The topological polar surface area (TPSA) is 66.5 Å². The fourth-order valence-electron chi connectivity index (χ4n) is 3.15. The van der Waals surface area contributed by atoms with Crippen LogP contribution in [0.15, 0.2) is 48.5 Å². The molecule has 1 saturated heterocycles. The van der Waals surface area contributed by atoms with Gasteiger partial charge in [-0.3, -0.25) is 4.79 Å². The van der Waals surface area contributed by atoms with Crippen molar-refractivity contribution in [2.24, 2.45) is 5.92 Å². The van der Waals surface area contributed by atoms with Crippen LogP contribution in [0.4, 0.5) is 10.1 Å². The van der Waals surface area contributed by atoms with Crippen molar-refractivity contribution < 1.29 is 17.6 Å². The lowest BCUT2D eigenvalue weighted by atomic mass is 9.99. The van der Waals surface area contributed by atoms with Crippen LogP contribution in [0, 0.1) is 11.7 Å². The van der Waals surface area contributed by atoms with Gasteiger partial charge in [-0.15, -0.1) is 0 Å². The van der Waals surface area contributed by atoms with E-state index < -0.39 is 21.8 Å². The van der Waals surface area contributed by atoms with Gasteiger partial charge in [-0.25, -0.2) is 17.1 Å². The van der Waals surface area contributed by atoms with Gasteiger partial charge in [0.25, 0.3) is 0 Å². The van der Waals surface area contributed by atoms with Crippen LogP contribution in [-0.2, 0) is 20.6 Å². The van der Waals surface area contributed by atoms with Crippen LogP contribution < -0.4 is 5.32 Å². The third-order valence-electron chi connectivity index (χ3n) is 4.48. The lowest BCUT2D eigenvalue weighted by molar-refractivity contribution is -0.120. The lowest BCUT2D eigenvalue weighted by Crippen LogP contribution is -2.44. The summed E-state index contributed by atoms with van der Waals surface area (Å²) in [4.78, 5) is 12.5. The summed E-state index contributed by atoms with van der Waals surface area (Å²) in [5.41, 5.74) is 0.966. The van der Waals surface area contributed by atoms with Gasteiger partial charge in [-0.1, -0.05) is 29.8 Å². The summed E-state index contributed by atoms with van der Waals surface area (Å²) in [6.45, 7) is 0.497. The number of anilines is 1. The molecule has 5 nitrogen and oxygen atoms in total. The highest BCUT2D eigenvalue weighted by atomic mass is 35.5. The first-order valence-electron chi connectivity index (χ1n) is 8.62. The molecule has 0 radical (unpaired) electrons. The van der Waals surface area contributed by atoms with Crippen LogP contribution in [0.2, 0.25) is 5.02 Å². The Morgan fingerprint density at radius 2 is 2.00 bits per heavy atom. The van der Waals surface area contributed by atoms with Crippen molar-refractivity contribution in [2.45, 2.75) is 18.6 Å². The monoisotopic (exact) mass is 410 g/mol. The van der Waals surface area contributed by atoms with E-state index in [2.05, 4.69) is 5.32 Å². The van der Waals surface area contributed by atoms with E-state index in [-0.39, 0.29) is 18.2 Å². The van der Waals surface area contributed by atoms with Crippen molar-refractivity contribution >= 4 is 33.2 Å². The number of sulfonamides is 1. The Bertz CT molecular complexity index is 936. The number of nitrogens with one attached hydrogen (secondary N) is 1. The zero-order valence-electron chi connectivity index (χ0n) is 14.6. The number of carbonyl (C=O) groups excluding carboxylic acids is 1. The number of rotatable bonds is 5. The number of halogens is 2. The summed E-state index contributed by atoms with van der Waals surface area (Å²) < 4.78 is 40.1. The minimum atomic E-state index is -3.56. The van der Waals surface area contributed by atoms with E-state index in [1.165, 1.54) is 22.5 Å². The van der Waals surface area contributed by atoms with Gasteiger partial charge in [0.2, 0.25) is 15.9 Å². The van der Waals surface area contributed by atoms with E-state index in [9.17, 15) is 17.6 Å². The average molecular weight is 411 g/mol. The van der Waals surface area contributed by atoms with E-state index in [0.29, 0.717) is 35.7 Å². The molecule has 0 saturated carbocycles. The SMILES string of the molecule is O=C(Nc1cccc(F)c1)C1CCCN(S(=O)(=O)Cc2cccc(Cl)c2)C1. The van der Waals surface area contributed by atoms with Gasteiger partial charge in [0.1, 0.15) is 5.82 Å². The van der Waals surface area contributed by atoms with E-state index >= 15 is 0 Å². The Hall–Kier alpha value is -1.96. The molecule has 1 fully saturated rings. The van der Waals surface area contributed by atoms with Gasteiger partial charge in [-0.2, -0.15) is 0 Å². The lowest BCUT2D eigenvalue weighted by Gasteiger charge is -2.31. The predicted octanol–water partition coefficient (Wildman–Crippen LogP) is 3.66. The fourth-order valence-corrected chi connectivity index (χ4v) is 4.96. The average Bonchev–Trinajstić information content (AvgIpc) is 2.61. The van der Waals surface area contributed by atoms with Crippen LogP contribution in [0.3, 0.4) is 0 Å². The second-order valence-corrected chi connectivity index (χ2v) is 8.99. The molecule has 27 heavy (non-hydrogen) atoms. The van der Waals surface area contributed by atoms with Gasteiger partial charge in [0.15, 0.2) is 0 Å². The molecule has 1 heterocycles. The Labute approximate surface area is 163 Å². The Morgan fingerprint density at radius 3 is 2.74 bits per heavy atom. The number of nitrogens with zero attached hydrogens (tertiary/aromatic N) is 1. The molecule has 1 atom stereocenters. The zero-order chi connectivity index (χ0) is 19.4. The van der Waals surface area contributed by atoms with E-state index in [1.54, 1.807) is 30.3 Å². The molecule has 1 unspecified atom stereocenters. The summed E-state index contributed by atoms with van der Waals surface area (Å²) in [5.74, 6) is -1.38. The number of amides is 1. The molecule has 0 bridgehead atoms. The molecular formula is C19H20ClFN2O3S. The summed E-state index contributed by atoms with van der Waals surface area (Å²) in [6, 6.07) is 12.3. The second kappa shape index (κ2) is 8.37. The maximum absolute atomic E-state index is 13.3. The molecule has 3 rings (SSSR count). The molecule has 2 aromatic carbocycles. The molecule has 8 heteroatoms. The number of benzene rings is 2. The molecule has 1 amide bonds. The van der Waals surface area contributed by atoms with Crippen molar-refractivity contribution in [3.63, 3.8) is 0 Å². The van der Waals surface area contributed by atoms with Crippen LogP contribution in [0.25, 0.3) is 0 Å². The summed E-state index contributed by atoms with van der Waals surface area (Å²) in [6.07, 6.45) is 1.18. The number of piperidine rings is 1. The van der Waals surface area contributed by atoms with Crippen molar-refractivity contribution in [1.82, 2.24) is 4.31 Å². The van der Waals surface area contributed by atoms with Crippen molar-refractivity contribution in [2.75, 3.05) is 18.4 Å². The summed E-state index contributed by atoms with van der Waals surface area (Å²) in [5, 5.41) is 3.14. The zero-order valence-corrected chi connectivity index (χ0v) is 16.1. The predicted molar refractivity (Wildman–Crippen MR) is 103 cm³/mol. The molecule has 2 aromatic rings. The third-order valence-corrected chi connectivity index (χ3v) is 6.53. The normalized spacial score (nSPS) is 18.2. The maximum atomic E-state index is 13.3. The van der Waals surface area contributed by atoms with Gasteiger partial charge in [0, 0.05) is 23.8 Å². The van der Waals surface area contributed by atoms with E-state index in [1.807, 2.05) is 0 Å². The molecule has 0 spiro atoms. The standard InChI is InChI=1S/C19H20ClFN2O3S/c20-16-6-1-4-14(10-16)13-27(25,26)23-9-3-5-15(12-23)19(24)22-18-8-2-7-17(21)11-18/h1-2,4,6-8,10-11,15H,3,5,9,12-13H2,(H,22,24). The van der Waals surface area contributed by atoms with Gasteiger partial charge < -0.3 is 5.32 Å². The number of hydrogen-bond donors (Lipinski definition) is 1. The van der Waals surface area contributed by atoms with E-state index in [0.717, 1.165) is 0 Å². The molecule has 1 aliphatic rings. The first-order valence-corrected chi connectivity index (χ1v) is 10.6. The Balaban J connectivity index is 1.66. The molecule has 1 N–H and O–H groups in total. The second-order valence-electron chi connectivity index (χ2n) is 6.58. The Morgan fingerprint density at radius 1 is 1.22 bits per heavy atom. The summed E-state index contributed by atoms with van der Waals surface area (Å²) in [7, 11) is -3.56. The maximum Gasteiger partial charge on any atom is 0.228 e. The highest BCUT2D eigenvalue weighted by molar-refractivity contribution is 7.88. The first-order chi connectivity index (χ1) is 12.8. The Kier molecular flexibility index (Phi) is 6.14. The molecular weight excluding hydrogens is 391 g/mol. The number of hydrogen-bond acceptors (Lipinski definition) is 3. The van der Waals surface area contributed by atoms with Crippen LogP contribution in [0.1, 0.15) is 18.4 Å².